The van der Waals surface area contributed by atoms with Crippen molar-refractivity contribution in [3.8, 4) is 0 Å². The van der Waals surface area contributed by atoms with Crippen molar-refractivity contribution in [3.63, 3.8) is 0 Å². The number of hydrogen-bond donors (Lipinski definition) is 1. The van der Waals surface area contributed by atoms with Crippen LogP contribution in [0.15, 0.2) is 12.2 Å². The van der Waals surface area contributed by atoms with Gasteiger partial charge in [-0.05, 0) is 61.7 Å². The first kappa shape index (κ1) is 21.4. The summed E-state index contributed by atoms with van der Waals surface area (Å²) in [6.45, 7) is 6.47. The number of sulfonamides is 1. The summed E-state index contributed by atoms with van der Waals surface area (Å²) in [4.78, 5) is 11.1. The minimum absolute atomic E-state index is 0.0475. The molecule has 3 aliphatic carbocycles. The molecule has 3 fully saturated rings. The van der Waals surface area contributed by atoms with E-state index < -0.39 is 10.0 Å². The Bertz CT molecular complexity index is 611. The van der Waals surface area contributed by atoms with Crippen molar-refractivity contribution < 1.29 is 17.9 Å². The smallest absolute Gasteiger partial charge is 0.305 e. The number of ether oxygens (including phenoxy) is 1. The molecular weight excluding hydrogens is 350 g/mol. The molecule has 3 saturated carbocycles. The third-order valence-electron chi connectivity index (χ3n) is 6.45. The van der Waals surface area contributed by atoms with E-state index in [1.165, 1.54) is 7.11 Å². The number of methoxy groups -OCH3 is 1. The number of esters is 1. The highest BCUT2D eigenvalue weighted by Crippen LogP contribution is 2.61. The van der Waals surface area contributed by atoms with Crippen molar-refractivity contribution in [3.05, 3.63) is 12.2 Å². The molecule has 26 heavy (non-hydrogen) atoms. The van der Waals surface area contributed by atoms with E-state index in [-0.39, 0.29) is 23.2 Å². The standard InChI is InChI=1S/C20H35NO4S/c1-5-12-26(23,24)21-19-15(13-16-14-17(19)20(16,2)3)10-8-6-7-9-11-18(22)25-4/h6,8,15-17,19,21H,5,7,9-14H2,1-4H3/b8-6-/t15-,16+,17+,19?/m0/s1. The highest BCUT2D eigenvalue weighted by atomic mass is 32.2. The van der Waals surface area contributed by atoms with Crippen LogP contribution < -0.4 is 4.72 Å². The summed E-state index contributed by atoms with van der Waals surface area (Å²) in [6.07, 6.45) is 10.2. The first-order valence-electron chi connectivity index (χ1n) is 9.93. The Labute approximate surface area is 159 Å². The van der Waals surface area contributed by atoms with Crippen LogP contribution in [-0.2, 0) is 19.6 Å². The summed E-state index contributed by atoms with van der Waals surface area (Å²) in [5.74, 6) is 1.55. The molecular formula is C20H35NO4S. The zero-order valence-corrected chi connectivity index (χ0v) is 17.5. The van der Waals surface area contributed by atoms with Gasteiger partial charge in [-0.15, -0.1) is 0 Å². The van der Waals surface area contributed by atoms with E-state index in [1.807, 2.05) is 6.92 Å². The van der Waals surface area contributed by atoms with Crippen LogP contribution in [0.3, 0.4) is 0 Å². The second-order valence-corrected chi connectivity index (χ2v) is 10.4. The number of fused-ring (bicyclic) bond motifs is 2. The molecule has 6 heteroatoms. The fourth-order valence-corrected chi connectivity index (χ4v) is 6.14. The van der Waals surface area contributed by atoms with Gasteiger partial charge < -0.3 is 4.74 Å². The molecule has 0 aromatic heterocycles. The first-order valence-corrected chi connectivity index (χ1v) is 11.6. The lowest BCUT2D eigenvalue weighted by atomic mass is 9.45. The van der Waals surface area contributed by atoms with Gasteiger partial charge in [0.05, 0.1) is 12.9 Å². The van der Waals surface area contributed by atoms with Crippen molar-refractivity contribution in [2.45, 2.75) is 71.8 Å². The van der Waals surface area contributed by atoms with Gasteiger partial charge in [-0.25, -0.2) is 13.1 Å². The number of rotatable bonds is 10. The SMILES string of the molecule is CCCS(=O)(=O)NC1[C@@H](C/C=C\CCCC(=O)OC)C[C@@H]2C[C@H]1C2(C)C. The van der Waals surface area contributed by atoms with E-state index in [0.717, 1.165) is 32.1 Å². The van der Waals surface area contributed by atoms with Crippen molar-refractivity contribution in [1.82, 2.24) is 4.72 Å². The van der Waals surface area contributed by atoms with Crippen LogP contribution in [0.1, 0.15) is 65.7 Å². The molecule has 4 atom stereocenters. The molecule has 5 nitrogen and oxygen atoms in total. The summed E-state index contributed by atoms with van der Waals surface area (Å²) in [6, 6.07) is 0.0475. The van der Waals surface area contributed by atoms with Crippen LogP contribution in [-0.4, -0.2) is 33.3 Å². The van der Waals surface area contributed by atoms with Gasteiger partial charge in [0, 0.05) is 12.5 Å². The average molecular weight is 386 g/mol. The summed E-state index contributed by atoms with van der Waals surface area (Å²) in [7, 11) is -1.79. The largest absolute Gasteiger partial charge is 0.469 e. The summed E-state index contributed by atoms with van der Waals surface area (Å²) in [5, 5.41) is 0. The molecule has 0 radical (unpaired) electrons. The van der Waals surface area contributed by atoms with Crippen LogP contribution in [0.2, 0.25) is 0 Å². The van der Waals surface area contributed by atoms with E-state index in [1.54, 1.807) is 0 Å². The molecule has 0 aromatic carbocycles. The zero-order chi connectivity index (χ0) is 19.4. The minimum atomic E-state index is -3.20. The topological polar surface area (TPSA) is 72.5 Å². The molecule has 0 aromatic rings. The highest BCUT2D eigenvalue weighted by Gasteiger charge is 2.57. The van der Waals surface area contributed by atoms with E-state index in [0.29, 0.717) is 30.6 Å². The van der Waals surface area contributed by atoms with Crippen LogP contribution >= 0.6 is 0 Å². The first-order chi connectivity index (χ1) is 12.2. The normalized spacial score (nSPS) is 30.2. The van der Waals surface area contributed by atoms with Gasteiger partial charge in [0.2, 0.25) is 10.0 Å². The van der Waals surface area contributed by atoms with Crippen molar-refractivity contribution >= 4 is 16.0 Å². The fraction of sp³-hybridized carbons (Fsp3) is 0.850. The number of allylic oxidation sites excluding steroid dienone is 2. The molecule has 0 saturated heterocycles. The van der Waals surface area contributed by atoms with Crippen LogP contribution in [0.25, 0.3) is 0 Å². The lowest BCUT2D eigenvalue weighted by Crippen LogP contribution is -2.63. The molecule has 0 amide bonds. The van der Waals surface area contributed by atoms with Gasteiger partial charge >= 0.3 is 5.97 Å². The van der Waals surface area contributed by atoms with E-state index in [4.69, 9.17) is 0 Å². The Morgan fingerprint density at radius 3 is 2.62 bits per heavy atom. The number of nitrogens with one attached hydrogen (secondary N) is 1. The second kappa shape index (κ2) is 8.87. The number of unbranched alkanes of at least 4 members (excludes halogenated alkanes) is 1. The molecule has 0 aliphatic heterocycles. The van der Waals surface area contributed by atoms with Crippen LogP contribution in [0.5, 0.6) is 0 Å². The molecule has 1 unspecified atom stereocenters. The van der Waals surface area contributed by atoms with Crippen molar-refractivity contribution in [1.29, 1.82) is 0 Å². The molecule has 1 N–H and O–H groups in total. The van der Waals surface area contributed by atoms with Gasteiger partial charge in [0.25, 0.3) is 0 Å². The van der Waals surface area contributed by atoms with Crippen molar-refractivity contribution in [2.75, 3.05) is 12.9 Å². The Kier molecular flexibility index (Phi) is 7.31. The third-order valence-corrected chi connectivity index (χ3v) is 8.03. The zero-order valence-electron chi connectivity index (χ0n) is 16.7. The second-order valence-electron chi connectivity index (χ2n) is 8.49. The van der Waals surface area contributed by atoms with Gasteiger partial charge in [0.1, 0.15) is 0 Å². The van der Waals surface area contributed by atoms with Gasteiger partial charge in [-0.1, -0.05) is 32.9 Å². The van der Waals surface area contributed by atoms with E-state index in [2.05, 4.69) is 35.5 Å². The summed E-state index contributed by atoms with van der Waals surface area (Å²) >= 11 is 0. The lowest BCUT2D eigenvalue weighted by Gasteiger charge is -2.62. The molecule has 3 aliphatic rings. The number of carbonyl (C=O) groups is 1. The Morgan fingerprint density at radius 1 is 1.27 bits per heavy atom. The predicted molar refractivity (Wildman–Crippen MR) is 104 cm³/mol. The van der Waals surface area contributed by atoms with E-state index in [9.17, 15) is 13.2 Å². The number of carbonyl (C=O) groups excluding carboxylic acids is 1. The Morgan fingerprint density at radius 2 is 2.00 bits per heavy atom. The maximum atomic E-state index is 12.4. The molecule has 2 bridgehead atoms. The quantitative estimate of drug-likeness (QED) is 0.354. The average Bonchev–Trinajstić information content (AvgIpc) is 2.57. The Hall–Kier alpha value is -0.880. The fourth-order valence-electron chi connectivity index (χ4n) is 4.72. The minimum Gasteiger partial charge on any atom is -0.469 e. The predicted octanol–water partition coefficient (Wildman–Crippen LogP) is 3.66. The van der Waals surface area contributed by atoms with Gasteiger partial charge in [0.15, 0.2) is 0 Å². The molecule has 0 heterocycles. The molecule has 0 spiro atoms. The maximum Gasteiger partial charge on any atom is 0.305 e. The summed E-state index contributed by atoms with van der Waals surface area (Å²) < 4.78 is 32.4. The van der Waals surface area contributed by atoms with Gasteiger partial charge in [-0.2, -0.15) is 0 Å². The van der Waals surface area contributed by atoms with Crippen molar-refractivity contribution in [2.24, 2.45) is 23.2 Å². The molecule has 3 rings (SSSR count). The lowest BCUT2D eigenvalue weighted by molar-refractivity contribution is -0.140. The van der Waals surface area contributed by atoms with Crippen LogP contribution in [0, 0.1) is 23.2 Å². The monoisotopic (exact) mass is 385 g/mol. The van der Waals surface area contributed by atoms with Crippen LogP contribution in [0.4, 0.5) is 0 Å². The Balaban J connectivity index is 1.92. The maximum absolute atomic E-state index is 12.4. The third kappa shape index (κ3) is 5.10. The summed E-state index contributed by atoms with van der Waals surface area (Å²) in [5.41, 5.74) is 0.236. The van der Waals surface area contributed by atoms with Gasteiger partial charge in [-0.3, -0.25) is 4.79 Å². The van der Waals surface area contributed by atoms with E-state index >= 15 is 0 Å². The molecule has 150 valence electrons. The highest BCUT2D eigenvalue weighted by molar-refractivity contribution is 7.89. The number of hydrogen-bond acceptors (Lipinski definition) is 4.